The lowest BCUT2D eigenvalue weighted by molar-refractivity contribution is 0.102. The first kappa shape index (κ1) is 17.7. The zero-order valence-corrected chi connectivity index (χ0v) is 14.8. The van der Waals surface area contributed by atoms with Crippen molar-refractivity contribution in [3.63, 3.8) is 0 Å². The number of nitrogens with zero attached hydrogens (tertiary/aromatic N) is 2. The van der Waals surface area contributed by atoms with Crippen LogP contribution >= 0.6 is 0 Å². The summed E-state index contributed by atoms with van der Waals surface area (Å²) in [5, 5.41) is 2.62. The Morgan fingerprint density at radius 2 is 1.71 bits per heavy atom. The number of hydrogen-bond donors (Lipinski definition) is 1. The number of anilines is 1. The Morgan fingerprint density at radius 1 is 1.00 bits per heavy atom. The van der Waals surface area contributed by atoms with Gasteiger partial charge in [0.1, 0.15) is 23.7 Å². The van der Waals surface area contributed by atoms with Gasteiger partial charge in [-0.1, -0.05) is 0 Å². The number of rotatable bonds is 4. The molecule has 0 aliphatic carbocycles. The van der Waals surface area contributed by atoms with E-state index in [1.54, 1.807) is 25.6 Å². The highest BCUT2D eigenvalue weighted by Crippen LogP contribution is 2.23. The van der Waals surface area contributed by atoms with Crippen LogP contribution in [0.3, 0.4) is 0 Å². The summed E-state index contributed by atoms with van der Waals surface area (Å²) in [6, 6.07) is 15.3. The second-order valence-electron chi connectivity index (χ2n) is 6.13. The fourth-order valence-corrected chi connectivity index (χ4v) is 2.92. The van der Waals surface area contributed by atoms with E-state index in [2.05, 4.69) is 10.3 Å². The molecule has 7 heteroatoms. The van der Waals surface area contributed by atoms with Crippen LogP contribution in [0.1, 0.15) is 10.4 Å². The van der Waals surface area contributed by atoms with E-state index in [9.17, 15) is 13.6 Å². The third-order valence-corrected chi connectivity index (χ3v) is 4.28. The second kappa shape index (κ2) is 7.11. The molecule has 3 aromatic carbocycles. The number of aromatic nitrogens is 2. The first-order valence-electron chi connectivity index (χ1n) is 8.42. The predicted molar refractivity (Wildman–Crippen MR) is 102 cm³/mol. The molecule has 1 amide bonds. The molecule has 0 unspecified atom stereocenters. The highest BCUT2D eigenvalue weighted by molar-refractivity contribution is 6.04. The van der Waals surface area contributed by atoms with Gasteiger partial charge in [-0.2, -0.15) is 0 Å². The summed E-state index contributed by atoms with van der Waals surface area (Å²) in [5.74, 6) is -1.47. The molecule has 1 heterocycles. The Morgan fingerprint density at radius 3 is 2.39 bits per heavy atom. The number of hydrogen-bond acceptors (Lipinski definition) is 3. The monoisotopic (exact) mass is 379 g/mol. The van der Waals surface area contributed by atoms with Crippen molar-refractivity contribution >= 4 is 22.6 Å². The maximum absolute atomic E-state index is 13.3. The van der Waals surface area contributed by atoms with Gasteiger partial charge in [0.2, 0.25) is 0 Å². The minimum Gasteiger partial charge on any atom is -0.497 e. The van der Waals surface area contributed by atoms with Crippen LogP contribution in [0.5, 0.6) is 5.75 Å². The molecular weight excluding hydrogens is 364 g/mol. The molecule has 5 nitrogen and oxygen atoms in total. The van der Waals surface area contributed by atoms with Crippen molar-refractivity contribution in [2.75, 3.05) is 12.4 Å². The van der Waals surface area contributed by atoms with Crippen LogP contribution < -0.4 is 10.1 Å². The van der Waals surface area contributed by atoms with Gasteiger partial charge in [-0.3, -0.25) is 9.36 Å². The Bertz CT molecular complexity index is 1150. The fourth-order valence-electron chi connectivity index (χ4n) is 2.92. The number of nitrogens with one attached hydrogen (secondary N) is 1. The lowest BCUT2D eigenvalue weighted by atomic mass is 10.2. The van der Waals surface area contributed by atoms with Gasteiger partial charge in [0.15, 0.2) is 0 Å². The van der Waals surface area contributed by atoms with E-state index >= 15 is 0 Å². The second-order valence-corrected chi connectivity index (χ2v) is 6.13. The van der Waals surface area contributed by atoms with Gasteiger partial charge >= 0.3 is 0 Å². The number of fused-ring (bicyclic) bond motifs is 1. The zero-order valence-electron chi connectivity index (χ0n) is 14.8. The number of amides is 1. The third-order valence-electron chi connectivity index (χ3n) is 4.28. The third kappa shape index (κ3) is 3.42. The largest absolute Gasteiger partial charge is 0.497 e. The first-order valence-corrected chi connectivity index (χ1v) is 8.42. The minimum atomic E-state index is -0.802. The smallest absolute Gasteiger partial charge is 0.255 e. The van der Waals surface area contributed by atoms with Crippen molar-refractivity contribution in [2.24, 2.45) is 0 Å². The highest BCUT2D eigenvalue weighted by atomic mass is 19.1. The molecule has 0 saturated heterocycles. The number of methoxy groups -OCH3 is 1. The predicted octanol–water partition coefficient (Wildman–Crippen LogP) is 4.56. The number of carbonyl (C=O) groups is 1. The van der Waals surface area contributed by atoms with Crippen molar-refractivity contribution in [3.8, 4) is 11.4 Å². The SMILES string of the molecule is COc1ccc2c(c1)ncn2-c1ccc(NC(=O)c2cc(F)cc(F)c2)cc1. The number of ether oxygens (including phenoxy) is 1. The molecule has 4 rings (SSSR count). The number of benzene rings is 3. The summed E-state index contributed by atoms with van der Waals surface area (Å²) < 4.78 is 33.7. The van der Waals surface area contributed by atoms with Crippen LogP contribution in [-0.2, 0) is 0 Å². The molecule has 140 valence electrons. The van der Waals surface area contributed by atoms with Gasteiger partial charge in [-0.05, 0) is 48.5 Å². The topological polar surface area (TPSA) is 56.1 Å². The molecule has 0 saturated carbocycles. The van der Waals surface area contributed by atoms with E-state index in [1.807, 2.05) is 34.9 Å². The van der Waals surface area contributed by atoms with Crippen molar-refractivity contribution in [3.05, 3.63) is 84.2 Å². The molecule has 0 radical (unpaired) electrons. The average Bonchev–Trinajstić information content (AvgIpc) is 3.11. The summed E-state index contributed by atoms with van der Waals surface area (Å²) in [4.78, 5) is 16.6. The molecule has 1 N–H and O–H groups in total. The molecule has 1 aromatic heterocycles. The van der Waals surface area contributed by atoms with Gasteiger partial charge in [-0.15, -0.1) is 0 Å². The Balaban J connectivity index is 1.56. The normalized spacial score (nSPS) is 10.8. The van der Waals surface area contributed by atoms with E-state index in [-0.39, 0.29) is 5.56 Å². The van der Waals surface area contributed by atoms with Crippen molar-refractivity contribution in [1.82, 2.24) is 9.55 Å². The molecule has 0 atom stereocenters. The maximum Gasteiger partial charge on any atom is 0.255 e. The summed E-state index contributed by atoms with van der Waals surface area (Å²) in [6.07, 6.45) is 1.70. The Labute approximate surface area is 159 Å². The van der Waals surface area contributed by atoms with Crippen molar-refractivity contribution in [1.29, 1.82) is 0 Å². The van der Waals surface area contributed by atoms with E-state index in [1.165, 1.54) is 0 Å². The lowest BCUT2D eigenvalue weighted by Gasteiger charge is -2.08. The molecule has 0 aliphatic rings. The van der Waals surface area contributed by atoms with Gasteiger partial charge < -0.3 is 10.1 Å². The van der Waals surface area contributed by atoms with Crippen molar-refractivity contribution in [2.45, 2.75) is 0 Å². The molecule has 0 aliphatic heterocycles. The number of imidazole rings is 1. The lowest BCUT2D eigenvalue weighted by Crippen LogP contribution is -2.12. The molecule has 4 aromatic rings. The molecular formula is C21H15F2N3O2. The van der Waals surface area contributed by atoms with Crippen LogP contribution in [0, 0.1) is 11.6 Å². The van der Waals surface area contributed by atoms with Crippen LogP contribution in [0.4, 0.5) is 14.5 Å². The summed E-state index contributed by atoms with van der Waals surface area (Å²) in [5.41, 5.74) is 2.97. The standard InChI is InChI=1S/C21H15F2N3O2/c1-28-18-6-7-20-19(11-18)24-12-26(20)17-4-2-16(3-5-17)25-21(27)13-8-14(22)10-15(23)9-13/h2-12H,1H3,(H,25,27). The van der Waals surface area contributed by atoms with E-state index in [4.69, 9.17) is 4.74 Å². The number of halogens is 2. The highest BCUT2D eigenvalue weighted by Gasteiger charge is 2.10. The Hall–Kier alpha value is -3.74. The Kier molecular flexibility index (Phi) is 4.49. The fraction of sp³-hybridized carbons (Fsp3) is 0.0476. The summed E-state index contributed by atoms with van der Waals surface area (Å²) in [6.45, 7) is 0. The summed E-state index contributed by atoms with van der Waals surface area (Å²) in [7, 11) is 1.60. The zero-order chi connectivity index (χ0) is 19.7. The van der Waals surface area contributed by atoms with Crippen molar-refractivity contribution < 1.29 is 18.3 Å². The van der Waals surface area contributed by atoms with E-state index in [0.717, 1.165) is 40.7 Å². The van der Waals surface area contributed by atoms with Crippen LogP contribution in [-0.4, -0.2) is 22.6 Å². The van der Waals surface area contributed by atoms with Crippen LogP contribution in [0.25, 0.3) is 16.7 Å². The molecule has 0 fully saturated rings. The molecule has 0 bridgehead atoms. The first-order chi connectivity index (χ1) is 13.5. The maximum atomic E-state index is 13.3. The van der Waals surface area contributed by atoms with E-state index in [0.29, 0.717) is 5.69 Å². The van der Waals surface area contributed by atoms with Gasteiger partial charge in [0, 0.05) is 29.1 Å². The van der Waals surface area contributed by atoms with Gasteiger partial charge in [-0.25, -0.2) is 13.8 Å². The average molecular weight is 379 g/mol. The minimum absolute atomic E-state index is 0.0869. The van der Waals surface area contributed by atoms with Crippen LogP contribution in [0.2, 0.25) is 0 Å². The van der Waals surface area contributed by atoms with Gasteiger partial charge in [0.25, 0.3) is 5.91 Å². The quantitative estimate of drug-likeness (QED) is 0.565. The van der Waals surface area contributed by atoms with Crippen LogP contribution in [0.15, 0.2) is 67.0 Å². The molecule has 0 spiro atoms. The summed E-state index contributed by atoms with van der Waals surface area (Å²) >= 11 is 0. The van der Waals surface area contributed by atoms with Gasteiger partial charge in [0.05, 0.1) is 18.1 Å². The van der Waals surface area contributed by atoms with E-state index < -0.39 is 17.5 Å². The molecule has 28 heavy (non-hydrogen) atoms. The number of carbonyl (C=O) groups excluding carboxylic acids is 1.